The first-order chi connectivity index (χ1) is 5.85. The second-order valence-electron chi connectivity index (χ2n) is 1.22. The summed E-state index contributed by atoms with van der Waals surface area (Å²) in [6.45, 7) is 14.8. The van der Waals surface area contributed by atoms with Gasteiger partial charge in [0.15, 0.2) is 0 Å². The van der Waals surface area contributed by atoms with Gasteiger partial charge in [0.05, 0.1) is 0 Å². The molecule has 0 unspecified atom stereocenters. The van der Waals surface area contributed by atoms with E-state index in [-0.39, 0.29) is 0 Å². The summed E-state index contributed by atoms with van der Waals surface area (Å²) in [5, 5.41) is 0. The molecule has 0 atom stereocenters. The summed E-state index contributed by atoms with van der Waals surface area (Å²) in [4.78, 5) is 9.94. The van der Waals surface area contributed by atoms with Crippen LogP contribution in [0.15, 0.2) is 37.0 Å². The van der Waals surface area contributed by atoms with Crippen LogP contribution in [0.5, 0.6) is 0 Å². The second kappa shape index (κ2) is 22.5. The molecule has 0 heterocycles. The molecule has 0 aliphatic rings. The van der Waals surface area contributed by atoms with Gasteiger partial charge in [-0.1, -0.05) is 59.1 Å². The Morgan fingerprint density at radius 3 is 1.58 bits per heavy atom. The van der Waals surface area contributed by atoms with E-state index in [4.69, 9.17) is 0 Å². The molecule has 0 amide bonds. The first kappa shape index (κ1) is 17.1. The van der Waals surface area contributed by atoms with E-state index in [1.165, 1.54) is 6.08 Å². The molecule has 0 saturated carbocycles. The fourth-order valence-corrected chi connectivity index (χ4v) is 0.292. The lowest BCUT2D eigenvalue weighted by Gasteiger charge is -1.79. The van der Waals surface area contributed by atoms with Gasteiger partial charge in [0.1, 0.15) is 6.29 Å². The van der Waals surface area contributed by atoms with Crippen molar-refractivity contribution in [3.8, 4) is 0 Å². The standard InChI is InChI=1S/C7H8O.2C2H6/c1-3-5-7(4-2)6-8;2*1-2/h3-6H,1-2H2;2*1-2H3/b7-5+;;. The van der Waals surface area contributed by atoms with Crippen molar-refractivity contribution in [2.24, 2.45) is 0 Å². The Morgan fingerprint density at radius 1 is 1.08 bits per heavy atom. The van der Waals surface area contributed by atoms with Crippen LogP contribution < -0.4 is 0 Å². The zero-order valence-corrected chi connectivity index (χ0v) is 8.63. The average molecular weight is 168 g/mol. The third-order valence-electron chi connectivity index (χ3n) is 0.682. The van der Waals surface area contributed by atoms with Crippen LogP contribution in [-0.2, 0) is 4.79 Å². The number of hydrogen-bond donors (Lipinski definition) is 0. The van der Waals surface area contributed by atoms with Crippen molar-refractivity contribution in [3.05, 3.63) is 37.0 Å². The number of aldehydes is 1. The lowest BCUT2D eigenvalue weighted by molar-refractivity contribution is -0.104. The van der Waals surface area contributed by atoms with Gasteiger partial charge in [-0.2, -0.15) is 0 Å². The molecule has 0 aliphatic carbocycles. The molecule has 70 valence electrons. The van der Waals surface area contributed by atoms with E-state index in [2.05, 4.69) is 13.2 Å². The molecule has 1 heteroatoms. The third kappa shape index (κ3) is 16.0. The van der Waals surface area contributed by atoms with Gasteiger partial charge in [0, 0.05) is 5.57 Å². The molecule has 0 aromatic rings. The highest BCUT2D eigenvalue weighted by Gasteiger charge is 1.79. The van der Waals surface area contributed by atoms with Crippen LogP contribution in [0.1, 0.15) is 27.7 Å². The zero-order chi connectivity index (χ0) is 10.4. The monoisotopic (exact) mass is 168 g/mol. The molecule has 0 aromatic carbocycles. The summed E-state index contributed by atoms with van der Waals surface area (Å²) in [5.74, 6) is 0. The fourth-order valence-electron chi connectivity index (χ4n) is 0.292. The van der Waals surface area contributed by atoms with Gasteiger partial charge in [-0.05, 0) is 0 Å². The van der Waals surface area contributed by atoms with Crippen LogP contribution in [0.2, 0.25) is 0 Å². The van der Waals surface area contributed by atoms with Crippen molar-refractivity contribution >= 4 is 6.29 Å². The topological polar surface area (TPSA) is 17.1 Å². The molecule has 0 radical (unpaired) electrons. The first-order valence-corrected chi connectivity index (χ1v) is 4.25. The van der Waals surface area contributed by atoms with Crippen molar-refractivity contribution in [3.63, 3.8) is 0 Å². The molecule has 12 heavy (non-hydrogen) atoms. The Morgan fingerprint density at radius 2 is 1.50 bits per heavy atom. The van der Waals surface area contributed by atoms with Crippen LogP contribution in [0.25, 0.3) is 0 Å². The van der Waals surface area contributed by atoms with Crippen molar-refractivity contribution in [2.75, 3.05) is 0 Å². The van der Waals surface area contributed by atoms with Crippen molar-refractivity contribution in [1.82, 2.24) is 0 Å². The van der Waals surface area contributed by atoms with Gasteiger partial charge in [0.25, 0.3) is 0 Å². The van der Waals surface area contributed by atoms with Crippen molar-refractivity contribution < 1.29 is 4.79 Å². The normalized spacial score (nSPS) is 7.83. The van der Waals surface area contributed by atoms with E-state index in [1.807, 2.05) is 27.7 Å². The van der Waals surface area contributed by atoms with Gasteiger partial charge >= 0.3 is 0 Å². The van der Waals surface area contributed by atoms with Crippen LogP contribution in [0, 0.1) is 0 Å². The minimum absolute atomic E-state index is 0.556. The van der Waals surface area contributed by atoms with Crippen LogP contribution in [0.4, 0.5) is 0 Å². The maximum absolute atomic E-state index is 9.94. The molecular weight excluding hydrogens is 148 g/mol. The number of carbonyl (C=O) groups excluding carboxylic acids is 1. The SMILES string of the molecule is C=C/C=C(\C=C)C=O.CC.CC. The molecule has 0 rings (SSSR count). The summed E-state index contributed by atoms with van der Waals surface area (Å²) in [6.07, 6.45) is 5.36. The molecule has 0 N–H and O–H groups in total. The summed E-state index contributed by atoms with van der Waals surface area (Å²) < 4.78 is 0. The highest BCUT2D eigenvalue weighted by molar-refractivity contribution is 5.77. The van der Waals surface area contributed by atoms with Crippen molar-refractivity contribution in [1.29, 1.82) is 0 Å². The van der Waals surface area contributed by atoms with E-state index in [1.54, 1.807) is 12.2 Å². The molecule has 0 spiro atoms. The Kier molecular flexibility index (Phi) is 32.1. The minimum Gasteiger partial charge on any atom is -0.298 e. The zero-order valence-electron chi connectivity index (χ0n) is 8.63. The summed E-state index contributed by atoms with van der Waals surface area (Å²) >= 11 is 0. The van der Waals surface area contributed by atoms with Gasteiger partial charge in [-0.3, -0.25) is 4.79 Å². The van der Waals surface area contributed by atoms with Crippen molar-refractivity contribution in [2.45, 2.75) is 27.7 Å². The average Bonchev–Trinajstić information content (AvgIpc) is 2.20. The quantitative estimate of drug-likeness (QED) is 0.358. The summed E-state index contributed by atoms with van der Waals surface area (Å²) in [7, 11) is 0. The largest absolute Gasteiger partial charge is 0.298 e. The number of carbonyl (C=O) groups is 1. The van der Waals surface area contributed by atoms with Gasteiger partial charge in [-0.15, -0.1) is 0 Å². The maximum Gasteiger partial charge on any atom is 0.150 e. The van der Waals surface area contributed by atoms with Gasteiger partial charge < -0.3 is 0 Å². The third-order valence-corrected chi connectivity index (χ3v) is 0.682. The number of hydrogen-bond acceptors (Lipinski definition) is 1. The van der Waals surface area contributed by atoms with E-state index < -0.39 is 0 Å². The molecule has 0 saturated heterocycles. The second-order valence-corrected chi connectivity index (χ2v) is 1.22. The lowest BCUT2D eigenvalue weighted by atomic mass is 10.3. The Balaban J connectivity index is -0.000000175. The fraction of sp³-hybridized carbons (Fsp3) is 0.364. The first-order valence-electron chi connectivity index (χ1n) is 4.25. The molecule has 0 aromatic heterocycles. The number of allylic oxidation sites excluding steroid dienone is 4. The van der Waals surface area contributed by atoms with E-state index >= 15 is 0 Å². The van der Waals surface area contributed by atoms with E-state index in [0.29, 0.717) is 5.57 Å². The van der Waals surface area contributed by atoms with Gasteiger partial charge in [0.2, 0.25) is 0 Å². The predicted octanol–water partition coefficient (Wildman–Crippen LogP) is 3.54. The Bertz CT molecular complexity index is 122. The molecule has 0 aliphatic heterocycles. The lowest BCUT2D eigenvalue weighted by Crippen LogP contribution is -1.73. The van der Waals surface area contributed by atoms with Gasteiger partial charge in [-0.25, -0.2) is 0 Å². The number of rotatable bonds is 3. The van der Waals surface area contributed by atoms with Crippen LogP contribution in [0.3, 0.4) is 0 Å². The van der Waals surface area contributed by atoms with E-state index in [0.717, 1.165) is 6.29 Å². The highest BCUT2D eigenvalue weighted by Crippen LogP contribution is 1.88. The highest BCUT2D eigenvalue weighted by atomic mass is 16.1. The summed E-state index contributed by atoms with van der Waals surface area (Å²) in [5.41, 5.74) is 0.556. The Hall–Kier alpha value is -1.11. The minimum atomic E-state index is 0.556. The summed E-state index contributed by atoms with van der Waals surface area (Å²) in [6, 6.07) is 0. The molecule has 0 fully saturated rings. The van der Waals surface area contributed by atoms with Crippen LogP contribution >= 0.6 is 0 Å². The van der Waals surface area contributed by atoms with E-state index in [9.17, 15) is 4.79 Å². The smallest absolute Gasteiger partial charge is 0.150 e. The predicted molar refractivity (Wildman–Crippen MR) is 57.2 cm³/mol. The molecule has 0 bridgehead atoms. The van der Waals surface area contributed by atoms with Crippen LogP contribution in [-0.4, -0.2) is 6.29 Å². The Labute approximate surface area is 76.5 Å². The maximum atomic E-state index is 9.94. The molecule has 1 nitrogen and oxygen atoms in total. The molecular formula is C11H20O.